The van der Waals surface area contributed by atoms with Crippen molar-refractivity contribution in [2.45, 2.75) is 255 Å². The number of hydrogen-bond acceptors (Lipinski definition) is 11. The zero-order valence-electron chi connectivity index (χ0n) is 35.8. The van der Waals surface area contributed by atoms with Crippen molar-refractivity contribution >= 4 is 16.3 Å². The van der Waals surface area contributed by atoms with E-state index >= 15 is 0 Å². The first kappa shape index (κ1) is 54.1. The van der Waals surface area contributed by atoms with Crippen LogP contribution < -0.4 is 5.32 Å². The molecule has 57 heavy (non-hydrogen) atoms. The molecule has 8 atom stereocenters. The highest BCUT2D eigenvalue weighted by Gasteiger charge is 2.48. The number of unbranched alkanes of at least 4 members (excludes halogenated alkanes) is 26. The Morgan fingerprint density at radius 3 is 1.40 bits per heavy atom. The Morgan fingerprint density at radius 2 is 1.02 bits per heavy atom. The van der Waals surface area contributed by atoms with Crippen LogP contribution in [0.15, 0.2) is 0 Å². The maximum atomic E-state index is 13.1. The molecule has 7 N–H and O–H groups in total. The van der Waals surface area contributed by atoms with Crippen LogP contribution in [0, 0.1) is 0 Å². The second kappa shape index (κ2) is 34.7. The van der Waals surface area contributed by atoms with Crippen LogP contribution in [0.2, 0.25) is 0 Å². The smallest absolute Gasteiger partial charge is 0.394 e. The van der Waals surface area contributed by atoms with Crippen molar-refractivity contribution < 1.29 is 57.0 Å². The summed E-state index contributed by atoms with van der Waals surface area (Å²) in [4.78, 5) is 13.1. The minimum atomic E-state index is -5.10. The fraction of sp³-hybridized carbons (Fsp3) is 0.977. The molecule has 1 fully saturated rings. The summed E-state index contributed by atoms with van der Waals surface area (Å²) in [6, 6.07) is -1.03. The van der Waals surface area contributed by atoms with Crippen LogP contribution in [0.1, 0.15) is 206 Å². The minimum Gasteiger partial charge on any atom is -0.394 e. The largest absolute Gasteiger partial charge is 0.397 e. The van der Waals surface area contributed by atoms with Crippen LogP contribution in [0.5, 0.6) is 0 Å². The summed E-state index contributed by atoms with van der Waals surface area (Å²) in [6.45, 7) is 3.28. The summed E-state index contributed by atoms with van der Waals surface area (Å²) in [7, 11) is -5.10. The molecule has 0 spiro atoms. The molecule has 13 nitrogen and oxygen atoms in total. The Balaban J connectivity index is 2.57. The van der Waals surface area contributed by atoms with Crippen LogP contribution in [-0.4, -0.2) is 107 Å². The van der Waals surface area contributed by atoms with Crippen LogP contribution >= 0.6 is 0 Å². The van der Waals surface area contributed by atoms with E-state index in [9.17, 15) is 43.3 Å². The first-order valence-electron chi connectivity index (χ1n) is 23.0. The molecule has 1 rings (SSSR count). The molecule has 0 aromatic heterocycles. The number of carbonyl (C=O) groups excluding carboxylic acids is 1. The van der Waals surface area contributed by atoms with E-state index < -0.39 is 78.5 Å². The monoisotopic (exact) mass is 840 g/mol. The molecule has 1 amide bonds. The van der Waals surface area contributed by atoms with Gasteiger partial charge in [-0.1, -0.05) is 194 Å². The number of aliphatic hydroxyl groups is 5. The zero-order chi connectivity index (χ0) is 42.2. The maximum absolute atomic E-state index is 13.1. The van der Waals surface area contributed by atoms with Crippen molar-refractivity contribution in [2.75, 3.05) is 13.2 Å². The van der Waals surface area contributed by atoms with Gasteiger partial charge in [0.1, 0.15) is 30.5 Å². The lowest BCUT2D eigenvalue weighted by atomic mass is 9.99. The van der Waals surface area contributed by atoms with Gasteiger partial charge in [-0.3, -0.25) is 9.35 Å². The fourth-order valence-electron chi connectivity index (χ4n) is 7.58. The molecule has 1 heterocycles. The second-order valence-corrected chi connectivity index (χ2v) is 17.5. The van der Waals surface area contributed by atoms with Crippen LogP contribution in [-0.2, 0) is 28.9 Å². The summed E-state index contributed by atoms with van der Waals surface area (Å²) >= 11 is 0. The Bertz CT molecular complexity index is 1050. The van der Waals surface area contributed by atoms with Crippen LogP contribution in [0.25, 0.3) is 0 Å². The van der Waals surface area contributed by atoms with Gasteiger partial charge in [-0.2, -0.15) is 8.42 Å². The van der Waals surface area contributed by atoms with Gasteiger partial charge >= 0.3 is 10.4 Å². The number of hydrogen-bond donors (Lipinski definition) is 7. The quantitative estimate of drug-likeness (QED) is 0.0236. The molecule has 1 saturated heterocycles. The van der Waals surface area contributed by atoms with Gasteiger partial charge in [0.25, 0.3) is 0 Å². The summed E-state index contributed by atoms with van der Waals surface area (Å²) in [6.07, 6.45) is 22.8. The van der Waals surface area contributed by atoms with E-state index in [1.807, 2.05) is 0 Å². The Kier molecular flexibility index (Phi) is 33.0. The van der Waals surface area contributed by atoms with Gasteiger partial charge in [-0.25, -0.2) is 4.18 Å². The molecule has 14 heteroatoms. The molecular weight excluding hydrogens is 755 g/mol. The number of aliphatic hydroxyl groups excluding tert-OH is 5. The van der Waals surface area contributed by atoms with Gasteiger partial charge < -0.3 is 40.3 Å². The van der Waals surface area contributed by atoms with Crippen molar-refractivity contribution in [3.05, 3.63) is 0 Å². The molecule has 340 valence electrons. The average molecular weight is 840 g/mol. The van der Waals surface area contributed by atoms with Crippen LogP contribution in [0.4, 0.5) is 0 Å². The van der Waals surface area contributed by atoms with E-state index in [-0.39, 0.29) is 6.42 Å². The molecular formula is C43H85NO12S. The highest BCUT2D eigenvalue weighted by Crippen LogP contribution is 2.26. The average Bonchev–Trinajstić information content (AvgIpc) is 3.18. The third-order valence-electron chi connectivity index (χ3n) is 11.3. The molecule has 0 aromatic carbocycles. The Morgan fingerprint density at radius 1 is 0.632 bits per heavy atom. The topological polar surface area (TPSA) is 212 Å². The van der Waals surface area contributed by atoms with Crippen molar-refractivity contribution in [3.8, 4) is 0 Å². The van der Waals surface area contributed by atoms with Gasteiger partial charge in [-0.15, -0.1) is 0 Å². The Hall–Kier alpha value is -0.940. The number of ether oxygens (including phenoxy) is 2. The number of carbonyl (C=O) groups is 1. The summed E-state index contributed by atoms with van der Waals surface area (Å²) < 4.78 is 47.5. The van der Waals surface area contributed by atoms with Crippen molar-refractivity contribution in [2.24, 2.45) is 0 Å². The van der Waals surface area contributed by atoms with E-state index in [4.69, 9.17) is 9.47 Å². The number of rotatable bonds is 39. The second-order valence-electron chi connectivity index (χ2n) is 16.5. The van der Waals surface area contributed by atoms with E-state index in [0.717, 1.165) is 38.5 Å². The van der Waals surface area contributed by atoms with E-state index in [0.29, 0.717) is 19.3 Å². The zero-order valence-corrected chi connectivity index (χ0v) is 36.6. The van der Waals surface area contributed by atoms with Crippen molar-refractivity contribution in [1.29, 1.82) is 0 Å². The SMILES string of the molecule is CCCCCCCCCCCCCCCCCC(O)C(COC1OC(CO)C(O)C(OS(=O)(=O)O)C1O)NC(=O)C(O)CCCCCCCCCCCCCCC. The maximum Gasteiger partial charge on any atom is 0.397 e. The molecule has 1 aliphatic heterocycles. The lowest BCUT2D eigenvalue weighted by Crippen LogP contribution is -2.61. The van der Waals surface area contributed by atoms with E-state index in [1.54, 1.807) is 0 Å². The first-order valence-corrected chi connectivity index (χ1v) is 24.4. The highest BCUT2D eigenvalue weighted by atomic mass is 32.3. The standard InChI is InChI=1S/C43H85NO12S/c1-3-5-7-9-11-13-15-17-18-20-21-23-25-27-29-31-36(46)35(34-54-43-40(49)41(56-57(51,52)53)39(48)38(33-45)55-43)44-42(50)37(47)32-30-28-26-24-22-19-16-14-12-10-8-6-4-2/h35-41,43,45-49H,3-34H2,1-2H3,(H,44,50)(H,51,52,53). The van der Waals surface area contributed by atoms with E-state index in [2.05, 4.69) is 23.3 Å². The first-order chi connectivity index (χ1) is 27.4. The summed E-state index contributed by atoms with van der Waals surface area (Å²) in [5.74, 6) is -0.667. The lowest BCUT2D eigenvalue weighted by Gasteiger charge is -2.41. The van der Waals surface area contributed by atoms with Gasteiger partial charge in [0.15, 0.2) is 6.29 Å². The molecule has 0 aromatic rings. The van der Waals surface area contributed by atoms with Crippen LogP contribution in [0.3, 0.4) is 0 Å². The molecule has 0 saturated carbocycles. The molecule has 0 bridgehead atoms. The highest BCUT2D eigenvalue weighted by molar-refractivity contribution is 7.80. The molecule has 1 aliphatic rings. The lowest BCUT2D eigenvalue weighted by molar-refractivity contribution is -0.298. The van der Waals surface area contributed by atoms with Gasteiger partial charge in [0.2, 0.25) is 5.91 Å². The van der Waals surface area contributed by atoms with Gasteiger partial charge in [0, 0.05) is 0 Å². The summed E-state index contributed by atoms with van der Waals surface area (Å²) in [5.41, 5.74) is 0. The molecule has 0 aliphatic carbocycles. The third-order valence-corrected chi connectivity index (χ3v) is 11.7. The molecule has 0 radical (unpaired) electrons. The molecule has 8 unspecified atom stereocenters. The van der Waals surface area contributed by atoms with Gasteiger partial charge in [-0.05, 0) is 12.8 Å². The van der Waals surface area contributed by atoms with Gasteiger partial charge in [0.05, 0.1) is 25.4 Å². The summed E-state index contributed by atoms with van der Waals surface area (Å²) in [5, 5.41) is 55.3. The fourth-order valence-corrected chi connectivity index (χ4v) is 8.09. The predicted molar refractivity (Wildman–Crippen MR) is 224 cm³/mol. The third kappa shape index (κ3) is 27.5. The predicted octanol–water partition coefficient (Wildman–Crippen LogP) is 7.58. The van der Waals surface area contributed by atoms with E-state index in [1.165, 1.54) is 128 Å². The van der Waals surface area contributed by atoms with Crippen molar-refractivity contribution in [1.82, 2.24) is 5.32 Å². The number of amides is 1. The minimum absolute atomic E-state index is 0.265. The normalized spacial score (nSPS) is 21.7. The van der Waals surface area contributed by atoms with Crippen molar-refractivity contribution in [3.63, 3.8) is 0 Å². The number of nitrogens with one attached hydrogen (secondary N) is 1. The Labute approximate surface area is 346 Å².